The maximum Gasteiger partial charge on any atom is 0.326 e. The Morgan fingerprint density at radius 1 is 0.867 bits per heavy atom. The smallest absolute Gasteiger partial charge is 0.326 e. The van der Waals surface area contributed by atoms with Gasteiger partial charge in [0.15, 0.2) is 0 Å². The van der Waals surface area contributed by atoms with Crippen molar-refractivity contribution in [3.05, 3.63) is 0 Å². The molecule has 0 heterocycles. The van der Waals surface area contributed by atoms with Gasteiger partial charge in [0.2, 0.25) is 17.7 Å². The molecule has 0 aliphatic rings. The second-order valence-corrected chi connectivity index (χ2v) is 7.84. The van der Waals surface area contributed by atoms with E-state index in [-0.39, 0.29) is 11.8 Å². The first-order chi connectivity index (χ1) is 13.8. The van der Waals surface area contributed by atoms with Gasteiger partial charge in [0.25, 0.3) is 0 Å². The third kappa shape index (κ3) is 9.68. The van der Waals surface area contributed by atoms with Crippen molar-refractivity contribution in [3.63, 3.8) is 0 Å². The van der Waals surface area contributed by atoms with E-state index in [1.165, 1.54) is 6.92 Å². The molecule has 7 N–H and O–H groups in total. The number of aliphatic carboxylic acids is 2. The van der Waals surface area contributed by atoms with Gasteiger partial charge in [-0.15, -0.1) is 0 Å². The summed E-state index contributed by atoms with van der Waals surface area (Å²) in [6, 6.07) is -4.50. The van der Waals surface area contributed by atoms with Crippen LogP contribution in [-0.2, 0) is 24.0 Å². The van der Waals surface area contributed by atoms with Crippen molar-refractivity contribution < 1.29 is 34.2 Å². The van der Waals surface area contributed by atoms with E-state index in [4.69, 9.17) is 15.9 Å². The van der Waals surface area contributed by atoms with Crippen molar-refractivity contribution in [2.45, 2.75) is 78.0 Å². The Hall–Kier alpha value is -2.69. The molecule has 11 nitrogen and oxygen atoms in total. The Bertz CT molecular complexity index is 638. The largest absolute Gasteiger partial charge is 0.481 e. The van der Waals surface area contributed by atoms with Crippen LogP contribution in [0.5, 0.6) is 0 Å². The van der Waals surface area contributed by atoms with Crippen LogP contribution < -0.4 is 21.7 Å². The molecule has 30 heavy (non-hydrogen) atoms. The van der Waals surface area contributed by atoms with Crippen LogP contribution >= 0.6 is 0 Å². The Balaban J connectivity index is 5.17. The molecule has 0 aliphatic carbocycles. The predicted molar refractivity (Wildman–Crippen MR) is 108 cm³/mol. The molecular weight excluding hydrogens is 396 g/mol. The highest BCUT2D eigenvalue weighted by atomic mass is 16.4. The minimum absolute atomic E-state index is 0.196. The van der Waals surface area contributed by atoms with Gasteiger partial charge in [0.1, 0.15) is 18.1 Å². The van der Waals surface area contributed by atoms with Crippen molar-refractivity contribution >= 4 is 29.7 Å². The third-order valence-electron chi connectivity index (χ3n) is 4.60. The maximum absolute atomic E-state index is 12.6. The lowest BCUT2D eigenvalue weighted by atomic mass is 9.97. The molecule has 0 rings (SSSR count). The molecule has 0 bridgehead atoms. The Labute approximate surface area is 176 Å². The first-order valence-corrected chi connectivity index (χ1v) is 9.91. The van der Waals surface area contributed by atoms with Crippen LogP contribution in [0.15, 0.2) is 0 Å². The maximum atomic E-state index is 12.6. The Kier molecular flexibility index (Phi) is 11.6. The summed E-state index contributed by atoms with van der Waals surface area (Å²) in [5, 5.41) is 25.1. The molecule has 0 aromatic carbocycles. The van der Waals surface area contributed by atoms with E-state index >= 15 is 0 Å². The number of carboxylic acid groups (broad SMARTS) is 2. The molecule has 0 aromatic heterocycles. The highest BCUT2D eigenvalue weighted by Gasteiger charge is 2.32. The third-order valence-corrected chi connectivity index (χ3v) is 4.60. The van der Waals surface area contributed by atoms with Crippen molar-refractivity contribution in [1.82, 2.24) is 16.0 Å². The molecule has 0 aliphatic heterocycles. The molecule has 0 aromatic rings. The zero-order valence-corrected chi connectivity index (χ0v) is 18.1. The zero-order chi connectivity index (χ0) is 23.6. The fraction of sp³-hybridized carbons (Fsp3) is 0.737. The lowest BCUT2D eigenvalue weighted by Gasteiger charge is -2.27. The summed E-state index contributed by atoms with van der Waals surface area (Å²) in [4.78, 5) is 59.2. The minimum atomic E-state index is -1.63. The van der Waals surface area contributed by atoms with Crippen molar-refractivity contribution in [2.24, 2.45) is 17.6 Å². The van der Waals surface area contributed by atoms with Crippen molar-refractivity contribution in [2.75, 3.05) is 0 Å². The molecule has 11 heteroatoms. The van der Waals surface area contributed by atoms with Crippen LogP contribution in [0.4, 0.5) is 0 Å². The average Bonchev–Trinajstić information content (AvgIpc) is 2.63. The summed E-state index contributed by atoms with van der Waals surface area (Å²) < 4.78 is 0. The van der Waals surface area contributed by atoms with Gasteiger partial charge in [-0.3, -0.25) is 19.2 Å². The number of carbonyl (C=O) groups excluding carboxylic acids is 3. The molecule has 3 amide bonds. The zero-order valence-electron chi connectivity index (χ0n) is 18.1. The summed E-state index contributed by atoms with van der Waals surface area (Å²) in [6.07, 6.45) is 0.121. The molecule has 0 spiro atoms. The van der Waals surface area contributed by atoms with E-state index < -0.39 is 60.2 Å². The molecule has 0 saturated carbocycles. The molecular formula is C19H34N4O7. The van der Waals surface area contributed by atoms with Gasteiger partial charge < -0.3 is 31.9 Å². The standard InChI is InChI=1S/C19H34N4O7/c1-6-10(4)15(18(28)22-13(19(29)30)8-14(24)25)23-16(26)11(5)21-17(27)12(20)7-9(2)3/h9-13,15H,6-8,20H2,1-5H3,(H,21,27)(H,22,28)(H,23,26)(H,24,25)(H,29,30). The molecule has 172 valence electrons. The number of rotatable bonds is 13. The van der Waals surface area contributed by atoms with Gasteiger partial charge in [0.05, 0.1) is 12.5 Å². The van der Waals surface area contributed by atoms with Crippen LogP contribution in [0.2, 0.25) is 0 Å². The summed E-state index contributed by atoms with van der Waals surface area (Å²) in [5.74, 6) is -5.03. The van der Waals surface area contributed by atoms with Gasteiger partial charge in [-0.05, 0) is 25.2 Å². The van der Waals surface area contributed by atoms with E-state index in [1.807, 2.05) is 13.8 Å². The van der Waals surface area contributed by atoms with Gasteiger partial charge in [0, 0.05) is 0 Å². The lowest BCUT2D eigenvalue weighted by Crippen LogP contribution is -2.58. The molecule has 0 fully saturated rings. The predicted octanol–water partition coefficient (Wildman–Crippen LogP) is -0.560. The topological polar surface area (TPSA) is 188 Å². The fourth-order valence-corrected chi connectivity index (χ4v) is 2.62. The summed E-state index contributed by atoms with van der Waals surface area (Å²) in [6.45, 7) is 8.71. The second-order valence-electron chi connectivity index (χ2n) is 7.84. The summed E-state index contributed by atoms with van der Waals surface area (Å²) in [5.41, 5.74) is 5.80. The van der Waals surface area contributed by atoms with Gasteiger partial charge in [-0.1, -0.05) is 34.1 Å². The fourth-order valence-electron chi connectivity index (χ4n) is 2.62. The molecule has 0 radical (unpaired) electrons. The average molecular weight is 431 g/mol. The van der Waals surface area contributed by atoms with E-state index in [1.54, 1.807) is 13.8 Å². The number of nitrogens with two attached hydrogens (primary N) is 1. The molecule has 5 atom stereocenters. The van der Waals surface area contributed by atoms with Crippen LogP contribution in [-0.4, -0.2) is 64.0 Å². The van der Waals surface area contributed by atoms with Crippen molar-refractivity contribution in [1.29, 1.82) is 0 Å². The van der Waals surface area contributed by atoms with Crippen LogP contribution in [0.3, 0.4) is 0 Å². The number of carboxylic acids is 2. The molecule has 5 unspecified atom stereocenters. The first kappa shape index (κ1) is 27.3. The monoisotopic (exact) mass is 430 g/mol. The Morgan fingerprint density at radius 3 is 1.87 bits per heavy atom. The van der Waals surface area contributed by atoms with Gasteiger partial charge in [-0.25, -0.2) is 4.79 Å². The van der Waals surface area contributed by atoms with Crippen molar-refractivity contribution in [3.8, 4) is 0 Å². The summed E-state index contributed by atoms with van der Waals surface area (Å²) >= 11 is 0. The number of hydrogen-bond donors (Lipinski definition) is 6. The highest BCUT2D eigenvalue weighted by Crippen LogP contribution is 2.10. The number of nitrogens with one attached hydrogen (secondary N) is 3. The van der Waals surface area contributed by atoms with Gasteiger partial charge >= 0.3 is 11.9 Å². The van der Waals surface area contributed by atoms with Gasteiger partial charge in [-0.2, -0.15) is 0 Å². The summed E-state index contributed by atoms with van der Waals surface area (Å²) in [7, 11) is 0. The van der Waals surface area contributed by atoms with Crippen LogP contribution in [0, 0.1) is 11.8 Å². The number of hydrogen-bond acceptors (Lipinski definition) is 6. The lowest BCUT2D eigenvalue weighted by molar-refractivity contribution is -0.147. The van der Waals surface area contributed by atoms with Crippen LogP contribution in [0.25, 0.3) is 0 Å². The second kappa shape index (κ2) is 12.8. The number of amides is 3. The Morgan fingerprint density at radius 2 is 1.43 bits per heavy atom. The van der Waals surface area contributed by atoms with E-state index in [2.05, 4.69) is 16.0 Å². The SMILES string of the molecule is CCC(C)C(NC(=O)C(C)NC(=O)C(N)CC(C)C)C(=O)NC(CC(=O)O)C(=O)O. The quantitative estimate of drug-likeness (QED) is 0.224. The normalized spacial score (nSPS) is 16.0. The van der Waals surface area contributed by atoms with E-state index in [0.29, 0.717) is 12.8 Å². The van der Waals surface area contributed by atoms with E-state index in [0.717, 1.165) is 0 Å². The van der Waals surface area contributed by atoms with Crippen LogP contribution in [0.1, 0.15) is 53.9 Å². The minimum Gasteiger partial charge on any atom is -0.481 e. The molecule has 0 saturated heterocycles. The first-order valence-electron chi connectivity index (χ1n) is 9.91. The number of carbonyl (C=O) groups is 5. The highest BCUT2D eigenvalue weighted by molar-refractivity contribution is 5.94. The van der Waals surface area contributed by atoms with E-state index in [9.17, 15) is 24.0 Å².